The number of nitro groups is 1. The van der Waals surface area contributed by atoms with Crippen LogP contribution in [0.1, 0.15) is 5.69 Å². The van der Waals surface area contributed by atoms with Crippen molar-refractivity contribution in [3.8, 4) is 11.3 Å². The largest absolute Gasteiger partial charge is 0.323 e. The summed E-state index contributed by atoms with van der Waals surface area (Å²) in [6.07, 6.45) is 1.51. The third-order valence-electron chi connectivity index (χ3n) is 2.24. The van der Waals surface area contributed by atoms with E-state index >= 15 is 0 Å². The van der Waals surface area contributed by atoms with Crippen LogP contribution >= 0.6 is 0 Å². The highest BCUT2D eigenvalue weighted by molar-refractivity contribution is 5.61. The summed E-state index contributed by atoms with van der Waals surface area (Å²) in [4.78, 5) is 28.3. The van der Waals surface area contributed by atoms with Crippen LogP contribution in [0.4, 0.5) is 5.69 Å². The van der Waals surface area contributed by atoms with Crippen molar-refractivity contribution in [3.63, 3.8) is 0 Å². The molecule has 0 amide bonds. The Morgan fingerprint density at radius 3 is 2.82 bits per heavy atom. The van der Waals surface area contributed by atoms with Gasteiger partial charge in [-0.25, -0.2) is 4.98 Å². The van der Waals surface area contributed by atoms with Gasteiger partial charge in [0, 0.05) is 29.6 Å². The first-order chi connectivity index (χ1) is 8.08. The number of nitrogens with one attached hydrogen (secondary N) is 1. The Bertz CT molecular complexity index is 634. The number of H-pyrrole nitrogens is 1. The van der Waals surface area contributed by atoms with E-state index in [2.05, 4.69) is 9.97 Å². The Labute approximate surface area is 96.1 Å². The average molecular weight is 231 g/mol. The van der Waals surface area contributed by atoms with Crippen molar-refractivity contribution < 1.29 is 4.92 Å². The predicted octanol–water partition coefficient (Wildman–Crippen LogP) is 1.65. The third-order valence-corrected chi connectivity index (χ3v) is 2.24. The van der Waals surface area contributed by atoms with Gasteiger partial charge >= 0.3 is 0 Å². The van der Waals surface area contributed by atoms with Gasteiger partial charge in [-0.3, -0.25) is 14.9 Å². The Balaban J connectivity index is 2.57. The topological polar surface area (TPSA) is 88.9 Å². The van der Waals surface area contributed by atoms with Gasteiger partial charge in [-0.2, -0.15) is 0 Å². The molecule has 1 aromatic carbocycles. The number of benzene rings is 1. The van der Waals surface area contributed by atoms with Crippen LogP contribution in [0.15, 0.2) is 35.3 Å². The molecule has 1 N–H and O–H groups in total. The lowest BCUT2D eigenvalue weighted by atomic mass is 10.1. The molecular formula is C11H9N3O3. The highest BCUT2D eigenvalue weighted by Crippen LogP contribution is 2.19. The molecule has 0 saturated carbocycles. The minimum Gasteiger partial charge on any atom is -0.323 e. The number of nitrogens with zero attached hydrogens (tertiary/aromatic N) is 2. The lowest BCUT2D eigenvalue weighted by Crippen LogP contribution is -2.12. The Kier molecular flexibility index (Phi) is 2.70. The van der Waals surface area contributed by atoms with E-state index in [0.717, 1.165) is 0 Å². The van der Waals surface area contributed by atoms with Crippen molar-refractivity contribution in [1.29, 1.82) is 0 Å². The van der Waals surface area contributed by atoms with Crippen molar-refractivity contribution in [3.05, 3.63) is 56.6 Å². The van der Waals surface area contributed by atoms with E-state index in [1.54, 1.807) is 13.0 Å². The first kappa shape index (κ1) is 11.0. The van der Waals surface area contributed by atoms with Gasteiger partial charge in [0.05, 0.1) is 4.92 Å². The average Bonchev–Trinajstić information content (AvgIpc) is 2.29. The summed E-state index contributed by atoms with van der Waals surface area (Å²) in [5.41, 5.74) is 0.832. The van der Waals surface area contributed by atoms with E-state index in [1.807, 2.05) is 0 Å². The quantitative estimate of drug-likeness (QED) is 0.628. The smallest absolute Gasteiger partial charge is 0.274 e. The maximum atomic E-state index is 11.6. The van der Waals surface area contributed by atoms with Crippen molar-refractivity contribution >= 4 is 5.69 Å². The summed E-state index contributed by atoms with van der Waals surface area (Å²) in [6.45, 7) is 1.71. The number of rotatable bonds is 2. The van der Waals surface area contributed by atoms with E-state index in [4.69, 9.17) is 0 Å². The summed E-state index contributed by atoms with van der Waals surface area (Å²) in [7, 11) is 0. The zero-order chi connectivity index (χ0) is 12.4. The molecule has 0 bridgehead atoms. The Hall–Kier alpha value is -2.50. The third kappa shape index (κ3) is 2.20. The number of hydrogen-bond donors (Lipinski definition) is 1. The first-order valence-electron chi connectivity index (χ1n) is 4.88. The SMILES string of the molecule is Cc1cnc(-c2cccc([N+](=O)[O-])c2)c(=O)[nH]1. The molecule has 0 spiro atoms. The number of nitro benzene ring substituents is 1. The normalized spacial score (nSPS) is 10.2. The van der Waals surface area contributed by atoms with E-state index < -0.39 is 4.92 Å². The zero-order valence-corrected chi connectivity index (χ0v) is 9.01. The lowest BCUT2D eigenvalue weighted by Gasteiger charge is -2.00. The minimum atomic E-state index is -0.508. The summed E-state index contributed by atoms with van der Waals surface area (Å²) < 4.78 is 0. The van der Waals surface area contributed by atoms with Crippen LogP contribution in [0.5, 0.6) is 0 Å². The Morgan fingerprint density at radius 1 is 1.41 bits per heavy atom. The first-order valence-corrected chi connectivity index (χ1v) is 4.88. The van der Waals surface area contributed by atoms with Crippen molar-refractivity contribution in [1.82, 2.24) is 9.97 Å². The van der Waals surface area contributed by atoms with Crippen LogP contribution in [0.2, 0.25) is 0 Å². The molecule has 2 aromatic rings. The van der Waals surface area contributed by atoms with Gasteiger partial charge < -0.3 is 4.98 Å². The van der Waals surface area contributed by atoms with Crippen molar-refractivity contribution in [2.75, 3.05) is 0 Å². The fourth-order valence-electron chi connectivity index (χ4n) is 1.46. The predicted molar refractivity (Wildman–Crippen MR) is 61.7 cm³/mol. The van der Waals surface area contributed by atoms with Crippen LogP contribution < -0.4 is 5.56 Å². The van der Waals surface area contributed by atoms with E-state index in [9.17, 15) is 14.9 Å². The highest BCUT2D eigenvalue weighted by atomic mass is 16.6. The Morgan fingerprint density at radius 2 is 2.18 bits per heavy atom. The molecule has 6 nitrogen and oxygen atoms in total. The summed E-state index contributed by atoms with van der Waals surface area (Å²) in [5.74, 6) is 0. The van der Waals surface area contributed by atoms with Gasteiger partial charge in [0.2, 0.25) is 0 Å². The van der Waals surface area contributed by atoms with Crippen LogP contribution in [-0.2, 0) is 0 Å². The molecule has 0 atom stereocenters. The van der Waals surface area contributed by atoms with Crippen molar-refractivity contribution in [2.45, 2.75) is 6.92 Å². The van der Waals surface area contributed by atoms with Gasteiger partial charge in [-0.1, -0.05) is 12.1 Å². The minimum absolute atomic E-state index is 0.0655. The number of hydrogen-bond acceptors (Lipinski definition) is 4. The maximum Gasteiger partial charge on any atom is 0.274 e. The molecule has 0 saturated heterocycles. The molecule has 1 aromatic heterocycles. The molecule has 0 aliphatic rings. The zero-order valence-electron chi connectivity index (χ0n) is 9.01. The van der Waals surface area contributed by atoms with E-state index in [0.29, 0.717) is 11.3 Å². The second-order valence-electron chi connectivity index (χ2n) is 3.55. The molecule has 6 heteroatoms. The van der Waals surface area contributed by atoms with E-state index in [1.165, 1.54) is 24.4 Å². The highest BCUT2D eigenvalue weighted by Gasteiger charge is 2.10. The summed E-state index contributed by atoms with van der Waals surface area (Å²) in [5, 5.41) is 10.6. The van der Waals surface area contributed by atoms with Crippen LogP contribution in [0.3, 0.4) is 0 Å². The fourth-order valence-corrected chi connectivity index (χ4v) is 1.46. The van der Waals surface area contributed by atoms with Crippen LogP contribution in [-0.4, -0.2) is 14.9 Å². The molecule has 0 fully saturated rings. The van der Waals surface area contributed by atoms with Gasteiger partial charge in [0.25, 0.3) is 11.2 Å². The molecule has 2 rings (SSSR count). The van der Waals surface area contributed by atoms with Gasteiger partial charge in [0.15, 0.2) is 0 Å². The standard InChI is InChI=1S/C11H9N3O3/c1-7-6-12-10(11(15)13-7)8-3-2-4-9(5-8)14(16)17/h2-6H,1H3,(H,13,15). The molecule has 17 heavy (non-hydrogen) atoms. The van der Waals surface area contributed by atoms with Crippen molar-refractivity contribution in [2.24, 2.45) is 0 Å². The van der Waals surface area contributed by atoms with Crippen LogP contribution in [0, 0.1) is 17.0 Å². The number of aromatic amines is 1. The molecular weight excluding hydrogens is 222 g/mol. The lowest BCUT2D eigenvalue weighted by molar-refractivity contribution is -0.384. The summed E-state index contributed by atoms with van der Waals surface area (Å²) >= 11 is 0. The number of non-ortho nitro benzene ring substituents is 1. The molecule has 0 unspecified atom stereocenters. The number of aromatic nitrogens is 2. The monoisotopic (exact) mass is 231 g/mol. The number of aryl methyl sites for hydroxylation is 1. The van der Waals surface area contributed by atoms with Gasteiger partial charge in [-0.15, -0.1) is 0 Å². The molecule has 0 radical (unpaired) electrons. The second-order valence-corrected chi connectivity index (χ2v) is 3.55. The fraction of sp³-hybridized carbons (Fsp3) is 0.0909. The molecule has 86 valence electrons. The van der Waals surface area contributed by atoms with E-state index in [-0.39, 0.29) is 16.9 Å². The summed E-state index contributed by atoms with van der Waals surface area (Å²) in [6, 6.07) is 5.83. The van der Waals surface area contributed by atoms with Crippen LogP contribution in [0.25, 0.3) is 11.3 Å². The molecule has 0 aliphatic heterocycles. The molecule has 1 heterocycles. The second kappa shape index (κ2) is 4.17. The maximum absolute atomic E-state index is 11.6. The molecule has 0 aliphatic carbocycles. The van der Waals surface area contributed by atoms with Gasteiger partial charge in [-0.05, 0) is 6.92 Å². The van der Waals surface area contributed by atoms with Gasteiger partial charge in [0.1, 0.15) is 5.69 Å².